The molecule has 1 aromatic heterocycles. The van der Waals surface area contributed by atoms with Crippen molar-refractivity contribution < 1.29 is 9.47 Å². The molecule has 0 amide bonds. The predicted octanol–water partition coefficient (Wildman–Crippen LogP) is 1.41. The van der Waals surface area contributed by atoms with Crippen LogP contribution in [0, 0.1) is 0 Å². The maximum Gasteiger partial charge on any atom is 0.137 e. The van der Waals surface area contributed by atoms with Crippen LogP contribution in [0.2, 0.25) is 0 Å². The fourth-order valence-corrected chi connectivity index (χ4v) is 0.947. The number of hydrogen-bond donors (Lipinski definition) is 1. The first-order valence-corrected chi connectivity index (χ1v) is 4.78. The highest BCUT2D eigenvalue weighted by Crippen LogP contribution is 2.05. The Morgan fingerprint density at radius 2 is 2.23 bits per heavy atom. The van der Waals surface area contributed by atoms with Crippen molar-refractivity contribution in [3.05, 3.63) is 24.5 Å². The molecule has 0 saturated carbocycles. The standard InChI is InChI=1S/C9H13NO2S/c13-7-6-11-4-5-12-9-2-1-3-10-8-9/h1-3,8,13H,4-7H2. The van der Waals surface area contributed by atoms with E-state index in [9.17, 15) is 0 Å². The van der Waals surface area contributed by atoms with Crippen LogP contribution in [0.4, 0.5) is 0 Å². The molecule has 0 aliphatic heterocycles. The lowest BCUT2D eigenvalue weighted by atomic mass is 10.5. The van der Waals surface area contributed by atoms with E-state index in [0.29, 0.717) is 19.8 Å². The smallest absolute Gasteiger partial charge is 0.137 e. The summed E-state index contributed by atoms with van der Waals surface area (Å²) in [5.41, 5.74) is 0. The quantitative estimate of drug-likeness (QED) is 0.555. The van der Waals surface area contributed by atoms with E-state index in [1.165, 1.54) is 0 Å². The Hall–Kier alpha value is -0.740. The van der Waals surface area contributed by atoms with E-state index in [0.717, 1.165) is 11.5 Å². The Labute approximate surface area is 83.5 Å². The van der Waals surface area contributed by atoms with Crippen LogP contribution in [0.5, 0.6) is 5.75 Å². The number of rotatable bonds is 6. The second-order valence-corrected chi connectivity index (χ2v) is 2.82. The van der Waals surface area contributed by atoms with E-state index in [1.54, 1.807) is 12.4 Å². The zero-order valence-corrected chi connectivity index (χ0v) is 8.24. The summed E-state index contributed by atoms with van der Waals surface area (Å²) in [7, 11) is 0. The topological polar surface area (TPSA) is 31.4 Å². The van der Waals surface area contributed by atoms with Crippen LogP contribution in [0.3, 0.4) is 0 Å². The minimum absolute atomic E-state index is 0.555. The normalized spacial score (nSPS) is 9.92. The molecule has 1 aromatic rings. The van der Waals surface area contributed by atoms with Crippen LogP contribution in [0.15, 0.2) is 24.5 Å². The van der Waals surface area contributed by atoms with Crippen molar-refractivity contribution in [1.29, 1.82) is 0 Å². The highest BCUT2D eigenvalue weighted by molar-refractivity contribution is 7.80. The Kier molecular flexibility index (Phi) is 5.36. The molecule has 0 bridgehead atoms. The Balaban J connectivity index is 2.07. The Morgan fingerprint density at radius 1 is 1.31 bits per heavy atom. The predicted molar refractivity (Wildman–Crippen MR) is 54.4 cm³/mol. The van der Waals surface area contributed by atoms with Gasteiger partial charge in [0.1, 0.15) is 12.4 Å². The maximum absolute atomic E-state index is 5.34. The van der Waals surface area contributed by atoms with Crippen LogP contribution < -0.4 is 4.74 Å². The molecule has 0 atom stereocenters. The summed E-state index contributed by atoms with van der Waals surface area (Å²) in [5, 5.41) is 0. The van der Waals surface area contributed by atoms with Crippen molar-refractivity contribution in [1.82, 2.24) is 4.98 Å². The summed E-state index contributed by atoms with van der Waals surface area (Å²) in [5.74, 6) is 1.52. The average molecular weight is 199 g/mol. The van der Waals surface area contributed by atoms with Crippen LogP contribution in [0.1, 0.15) is 0 Å². The summed E-state index contributed by atoms with van der Waals surface area (Å²) in [6, 6.07) is 3.70. The van der Waals surface area contributed by atoms with Crippen LogP contribution in [-0.2, 0) is 4.74 Å². The summed E-state index contributed by atoms with van der Waals surface area (Å²) < 4.78 is 10.5. The third-order valence-corrected chi connectivity index (χ3v) is 1.55. The van der Waals surface area contributed by atoms with E-state index in [-0.39, 0.29) is 0 Å². The molecule has 3 nitrogen and oxygen atoms in total. The maximum atomic E-state index is 5.34. The van der Waals surface area contributed by atoms with E-state index >= 15 is 0 Å². The molecule has 0 fully saturated rings. The molecule has 4 heteroatoms. The van der Waals surface area contributed by atoms with E-state index in [4.69, 9.17) is 9.47 Å². The molecule has 0 unspecified atom stereocenters. The lowest BCUT2D eigenvalue weighted by Crippen LogP contribution is -2.07. The van der Waals surface area contributed by atoms with Gasteiger partial charge < -0.3 is 9.47 Å². The molecule has 0 aliphatic carbocycles. The minimum Gasteiger partial charge on any atom is -0.490 e. The number of aromatic nitrogens is 1. The van der Waals surface area contributed by atoms with Gasteiger partial charge in [0.25, 0.3) is 0 Å². The van der Waals surface area contributed by atoms with Crippen LogP contribution in [0.25, 0.3) is 0 Å². The number of pyridine rings is 1. The summed E-state index contributed by atoms with van der Waals surface area (Å²) >= 11 is 4.02. The lowest BCUT2D eigenvalue weighted by molar-refractivity contribution is 0.112. The third-order valence-electron chi connectivity index (χ3n) is 1.37. The summed E-state index contributed by atoms with van der Waals surface area (Å²) in [4.78, 5) is 3.92. The molecule has 13 heavy (non-hydrogen) atoms. The van der Waals surface area contributed by atoms with Crippen LogP contribution >= 0.6 is 12.6 Å². The molecule has 0 aromatic carbocycles. The highest BCUT2D eigenvalue weighted by atomic mass is 32.1. The van der Waals surface area contributed by atoms with Gasteiger partial charge in [0.05, 0.1) is 19.4 Å². The van der Waals surface area contributed by atoms with E-state index < -0.39 is 0 Å². The first-order valence-electron chi connectivity index (χ1n) is 4.15. The number of ether oxygens (including phenoxy) is 2. The van der Waals surface area contributed by atoms with Gasteiger partial charge in [-0.1, -0.05) is 0 Å². The van der Waals surface area contributed by atoms with Crippen molar-refractivity contribution >= 4 is 12.6 Å². The molecule has 0 saturated heterocycles. The second kappa shape index (κ2) is 6.74. The summed E-state index contributed by atoms with van der Waals surface area (Å²) in [6.07, 6.45) is 3.39. The van der Waals surface area contributed by atoms with Crippen molar-refractivity contribution in [3.63, 3.8) is 0 Å². The van der Waals surface area contributed by atoms with Gasteiger partial charge in [-0.3, -0.25) is 4.98 Å². The number of thiol groups is 1. The molecular weight excluding hydrogens is 186 g/mol. The van der Waals surface area contributed by atoms with Crippen LogP contribution in [-0.4, -0.2) is 30.6 Å². The largest absolute Gasteiger partial charge is 0.490 e. The number of nitrogens with zero attached hydrogens (tertiary/aromatic N) is 1. The zero-order valence-electron chi connectivity index (χ0n) is 7.35. The third kappa shape index (κ3) is 4.75. The fraction of sp³-hybridized carbons (Fsp3) is 0.444. The fourth-order valence-electron chi connectivity index (χ4n) is 0.818. The molecule has 0 N–H and O–H groups in total. The van der Waals surface area contributed by atoms with Gasteiger partial charge in [-0.2, -0.15) is 12.6 Å². The van der Waals surface area contributed by atoms with E-state index in [1.807, 2.05) is 12.1 Å². The molecule has 1 heterocycles. The molecule has 0 aliphatic rings. The van der Waals surface area contributed by atoms with Gasteiger partial charge in [-0.15, -0.1) is 0 Å². The van der Waals surface area contributed by atoms with E-state index in [2.05, 4.69) is 17.6 Å². The summed E-state index contributed by atoms with van der Waals surface area (Å²) in [6.45, 7) is 1.81. The molecular formula is C9H13NO2S. The molecule has 0 spiro atoms. The molecule has 1 rings (SSSR count). The number of hydrogen-bond acceptors (Lipinski definition) is 4. The first kappa shape index (κ1) is 10.3. The van der Waals surface area contributed by atoms with Gasteiger partial charge in [0.2, 0.25) is 0 Å². The Morgan fingerprint density at radius 3 is 2.92 bits per heavy atom. The Bertz CT molecular complexity index is 218. The van der Waals surface area contributed by atoms with Crippen molar-refractivity contribution in [2.45, 2.75) is 0 Å². The molecule has 0 radical (unpaired) electrons. The second-order valence-electron chi connectivity index (χ2n) is 2.37. The molecule has 72 valence electrons. The van der Waals surface area contributed by atoms with Gasteiger partial charge in [-0.25, -0.2) is 0 Å². The average Bonchev–Trinajstić information content (AvgIpc) is 2.19. The van der Waals surface area contributed by atoms with Gasteiger partial charge >= 0.3 is 0 Å². The zero-order chi connectivity index (χ0) is 9.36. The monoisotopic (exact) mass is 199 g/mol. The van der Waals surface area contributed by atoms with Crippen molar-refractivity contribution in [2.75, 3.05) is 25.6 Å². The van der Waals surface area contributed by atoms with Gasteiger partial charge in [0.15, 0.2) is 0 Å². The van der Waals surface area contributed by atoms with Crippen molar-refractivity contribution in [2.24, 2.45) is 0 Å². The van der Waals surface area contributed by atoms with Gasteiger partial charge in [-0.05, 0) is 12.1 Å². The minimum atomic E-state index is 0.555. The first-order chi connectivity index (χ1) is 6.43. The SMILES string of the molecule is SCCOCCOc1cccnc1. The lowest BCUT2D eigenvalue weighted by Gasteiger charge is -2.05. The van der Waals surface area contributed by atoms with Crippen molar-refractivity contribution in [3.8, 4) is 5.75 Å². The van der Waals surface area contributed by atoms with Gasteiger partial charge in [0, 0.05) is 11.9 Å². The highest BCUT2D eigenvalue weighted by Gasteiger charge is 1.91.